The van der Waals surface area contributed by atoms with Crippen LogP contribution in [0.1, 0.15) is 12.0 Å². The molecule has 4 nitrogen and oxygen atoms in total. The van der Waals surface area contributed by atoms with Gasteiger partial charge in [-0.15, -0.1) is 0 Å². The molecule has 1 N–H and O–H groups in total. The van der Waals surface area contributed by atoms with Crippen LogP contribution in [0.25, 0.3) is 0 Å². The molecule has 2 rings (SSSR count). The molecule has 8 heteroatoms. The number of alkyl halides is 3. The first-order valence-electron chi connectivity index (χ1n) is 6.10. The zero-order chi connectivity index (χ0) is 15.0. The van der Waals surface area contributed by atoms with Gasteiger partial charge in [0, 0.05) is 25.8 Å². The Bertz CT molecular complexity index is 599. The van der Waals surface area contributed by atoms with E-state index in [0.29, 0.717) is 6.42 Å². The quantitative estimate of drug-likeness (QED) is 0.928. The molecule has 0 atom stereocenters. The summed E-state index contributed by atoms with van der Waals surface area (Å²) in [5.74, 6) is 0. The van der Waals surface area contributed by atoms with Crippen LogP contribution in [0.2, 0.25) is 0 Å². The van der Waals surface area contributed by atoms with Crippen molar-refractivity contribution in [2.24, 2.45) is 0 Å². The number of halogens is 3. The molecule has 1 aromatic rings. The summed E-state index contributed by atoms with van der Waals surface area (Å²) in [6, 6.07) is 4.58. The van der Waals surface area contributed by atoms with Gasteiger partial charge in [-0.25, -0.2) is 12.7 Å². The second-order valence-corrected chi connectivity index (χ2v) is 6.73. The predicted molar refractivity (Wildman–Crippen MR) is 69.1 cm³/mol. The Balaban J connectivity index is 2.17. The molecule has 0 aliphatic carbocycles. The summed E-state index contributed by atoms with van der Waals surface area (Å²) >= 11 is 0. The lowest BCUT2D eigenvalue weighted by Crippen LogP contribution is -2.30. The Morgan fingerprint density at radius 2 is 2.05 bits per heavy atom. The Labute approximate surface area is 115 Å². The molecule has 0 saturated carbocycles. The van der Waals surface area contributed by atoms with E-state index in [1.54, 1.807) is 6.07 Å². The fourth-order valence-electron chi connectivity index (χ4n) is 2.03. The maximum atomic E-state index is 12.2. The van der Waals surface area contributed by atoms with Crippen LogP contribution in [-0.2, 0) is 16.4 Å². The number of sulfonamides is 1. The number of fused-ring (bicyclic) bond motifs is 1. The first-order chi connectivity index (χ1) is 9.20. The third-order valence-corrected chi connectivity index (χ3v) is 5.06. The maximum absolute atomic E-state index is 12.2. The highest BCUT2D eigenvalue weighted by molar-refractivity contribution is 7.89. The van der Waals surface area contributed by atoms with Crippen molar-refractivity contribution < 1.29 is 21.6 Å². The SMILES string of the molecule is CN(CCC(F)(F)F)S(=O)(=O)c1ccc2c(c1)CCN2. The van der Waals surface area contributed by atoms with Gasteiger partial charge in [-0.05, 0) is 30.2 Å². The largest absolute Gasteiger partial charge is 0.390 e. The first-order valence-corrected chi connectivity index (χ1v) is 7.54. The first kappa shape index (κ1) is 15.1. The Morgan fingerprint density at radius 1 is 1.35 bits per heavy atom. The van der Waals surface area contributed by atoms with E-state index in [-0.39, 0.29) is 4.90 Å². The molecule has 0 amide bonds. The number of anilines is 1. The lowest BCUT2D eigenvalue weighted by molar-refractivity contribution is -0.135. The standard InChI is InChI=1S/C12H15F3N2O2S/c1-17(7-5-12(13,14)15)20(18,19)10-2-3-11-9(8-10)4-6-16-11/h2-3,8,16H,4-7H2,1H3. The van der Waals surface area contributed by atoms with E-state index < -0.39 is 29.2 Å². The summed E-state index contributed by atoms with van der Waals surface area (Å²) < 4.78 is 61.6. The number of benzene rings is 1. The monoisotopic (exact) mass is 308 g/mol. The van der Waals surface area contributed by atoms with Crippen molar-refractivity contribution in [3.8, 4) is 0 Å². The highest BCUT2D eigenvalue weighted by Crippen LogP contribution is 2.27. The predicted octanol–water partition coefficient (Wildman–Crippen LogP) is 2.23. The average molecular weight is 308 g/mol. The van der Waals surface area contributed by atoms with Crippen LogP contribution in [0, 0.1) is 0 Å². The van der Waals surface area contributed by atoms with E-state index in [4.69, 9.17) is 0 Å². The van der Waals surface area contributed by atoms with Crippen molar-refractivity contribution in [1.29, 1.82) is 0 Å². The van der Waals surface area contributed by atoms with Crippen LogP contribution in [0.3, 0.4) is 0 Å². The molecule has 1 aliphatic rings. The molecule has 0 spiro atoms. The molecule has 0 aromatic heterocycles. The van der Waals surface area contributed by atoms with Crippen LogP contribution < -0.4 is 5.32 Å². The topological polar surface area (TPSA) is 49.4 Å². The third-order valence-electron chi connectivity index (χ3n) is 3.20. The summed E-state index contributed by atoms with van der Waals surface area (Å²) in [5.41, 5.74) is 1.75. The smallest absolute Gasteiger partial charge is 0.384 e. The molecule has 0 radical (unpaired) electrons. The van der Waals surface area contributed by atoms with E-state index in [2.05, 4.69) is 5.32 Å². The van der Waals surface area contributed by atoms with Gasteiger partial charge in [0.1, 0.15) is 0 Å². The number of nitrogens with one attached hydrogen (secondary N) is 1. The number of hydrogen-bond donors (Lipinski definition) is 1. The van der Waals surface area contributed by atoms with Crippen LogP contribution in [0.15, 0.2) is 23.1 Å². The molecular weight excluding hydrogens is 293 g/mol. The highest BCUT2D eigenvalue weighted by Gasteiger charge is 2.30. The minimum atomic E-state index is -4.37. The van der Waals surface area contributed by atoms with E-state index >= 15 is 0 Å². The van der Waals surface area contributed by atoms with E-state index in [0.717, 1.165) is 29.1 Å². The van der Waals surface area contributed by atoms with Crippen LogP contribution in [0.4, 0.5) is 18.9 Å². The summed E-state index contributed by atoms with van der Waals surface area (Å²) in [4.78, 5) is 0.0321. The molecule has 1 aromatic carbocycles. The van der Waals surface area contributed by atoms with E-state index in [1.807, 2.05) is 0 Å². The van der Waals surface area contributed by atoms with Gasteiger partial charge >= 0.3 is 6.18 Å². The zero-order valence-electron chi connectivity index (χ0n) is 10.9. The lowest BCUT2D eigenvalue weighted by Gasteiger charge is -2.18. The van der Waals surface area contributed by atoms with Gasteiger partial charge in [0.15, 0.2) is 0 Å². The minimum absolute atomic E-state index is 0.0321. The van der Waals surface area contributed by atoms with Gasteiger partial charge in [-0.1, -0.05) is 0 Å². The summed E-state index contributed by atoms with van der Waals surface area (Å²) in [5, 5.41) is 3.10. The van der Waals surface area contributed by atoms with Gasteiger partial charge in [-0.3, -0.25) is 0 Å². The number of rotatable bonds is 4. The van der Waals surface area contributed by atoms with Crippen LogP contribution in [-0.4, -0.2) is 39.0 Å². The minimum Gasteiger partial charge on any atom is -0.384 e. The van der Waals surface area contributed by atoms with Crippen molar-refractivity contribution >= 4 is 15.7 Å². The number of hydrogen-bond acceptors (Lipinski definition) is 3. The third kappa shape index (κ3) is 3.24. The molecule has 1 heterocycles. The Hall–Kier alpha value is -1.28. The zero-order valence-corrected chi connectivity index (χ0v) is 11.7. The average Bonchev–Trinajstić information content (AvgIpc) is 2.81. The summed E-state index contributed by atoms with van der Waals surface area (Å²) in [6.07, 6.45) is -4.81. The van der Waals surface area contributed by atoms with Crippen LogP contribution in [0.5, 0.6) is 0 Å². The normalized spacial score (nSPS) is 15.2. The fraction of sp³-hybridized carbons (Fsp3) is 0.500. The van der Waals surface area contributed by atoms with Gasteiger partial charge in [-0.2, -0.15) is 13.2 Å². The van der Waals surface area contributed by atoms with Crippen molar-refractivity contribution in [3.05, 3.63) is 23.8 Å². The second kappa shape index (κ2) is 5.25. The highest BCUT2D eigenvalue weighted by atomic mass is 32.2. The summed E-state index contributed by atoms with van der Waals surface area (Å²) in [7, 11) is -2.72. The van der Waals surface area contributed by atoms with Crippen molar-refractivity contribution in [1.82, 2.24) is 4.31 Å². The molecule has 20 heavy (non-hydrogen) atoms. The molecule has 0 bridgehead atoms. The Morgan fingerprint density at radius 3 is 2.70 bits per heavy atom. The van der Waals surface area contributed by atoms with Gasteiger partial charge in [0.05, 0.1) is 11.3 Å². The maximum Gasteiger partial charge on any atom is 0.390 e. The molecular formula is C12H15F3N2O2S. The fourth-order valence-corrected chi connectivity index (χ4v) is 3.25. The molecule has 112 valence electrons. The lowest BCUT2D eigenvalue weighted by atomic mass is 10.2. The number of nitrogens with zero attached hydrogens (tertiary/aromatic N) is 1. The van der Waals surface area contributed by atoms with Crippen LogP contribution >= 0.6 is 0 Å². The van der Waals surface area contributed by atoms with Gasteiger partial charge < -0.3 is 5.32 Å². The van der Waals surface area contributed by atoms with Gasteiger partial charge in [0.25, 0.3) is 0 Å². The van der Waals surface area contributed by atoms with Gasteiger partial charge in [0.2, 0.25) is 10.0 Å². The summed E-state index contributed by atoms with van der Waals surface area (Å²) in [6.45, 7) is 0.157. The Kier molecular flexibility index (Phi) is 3.97. The second-order valence-electron chi connectivity index (χ2n) is 4.69. The van der Waals surface area contributed by atoms with Crippen molar-refractivity contribution in [2.75, 3.05) is 25.5 Å². The molecule has 0 fully saturated rings. The van der Waals surface area contributed by atoms with E-state index in [9.17, 15) is 21.6 Å². The van der Waals surface area contributed by atoms with Crippen molar-refractivity contribution in [3.63, 3.8) is 0 Å². The molecule has 0 unspecified atom stereocenters. The molecule has 0 saturated heterocycles. The van der Waals surface area contributed by atoms with Crippen molar-refractivity contribution in [2.45, 2.75) is 23.9 Å². The van der Waals surface area contributed by atoms with E-state index in [1.165, 1.54) is 12.1 Å². The molecule has 1 aliphatic heterocycles.